The molecular formula is C15H15N3O. The number of nitrogen functional groups attached to an aromatic ring is 1. The molecule has 0 aliphatic carbocycles. The first-order valence-electron chi connectivity index (χ1n) is 6.18. The summed E-state index contributed by atoms with van der Waals surface area (Å²) in [6.45, 7) is 1.11. The van der Waals surface area contributed by atoms with Crippen LogP contribution in [0.1, 0.15) is 5.56 Å². The minimum absolute atomic E-state index is 0.462. The summed E-state index contributed by atoms with van der Waals surface area (Å²) in [6, 6.07) is 15.7. The van der Waals surface area contributed by atoms with Crippen LogP contribution in [0.4, 0.5) is 11.4 Å². The largest absolute Gasteiger partial charge is 0.484 e. The van der Waals surface area contributed by atoms with Gasteiger partial charge in [0.05, 0.1) is 12.2 Å². The molecular weight excluding hydrogens is 238 g/mol. The molecule has 2 aromatic rings. The second-order valence-corrected chi connectivity index (χ2v) is 4.42. The molecule has 1 aliphatic rings. The Kier molecular flexibility index (Phi) is 3.06. The van der Waals surface area contributed by atoms with Crippen molar-refractivity contribution in [2.75, 3.05) is 17.7 Å². The van der Waals surface area contributed by atoms with Gasteiger partial charge in [-0.15, -0.1) is 0 Å². The van der Waals surface area contributed by atoms with Gasteiger partial charge in [-0.2, -0.15) is 0 Å². The molecule has 0 unspecified atom stereocenters. The number of nitrogens with two attached hydrogens (primary N) is 1. The Bertz CT molecular complexity index is 608. The van der Waals surface area contributed by atoms with Gasteiger partial charge in [-0.3, -0.25) is 4.99 Å². The Morgan fingerprint density at radius 2 is 2.00 bits per heavy atom. The Balaban J connectivity index is 1.74. The first-order valence-corrected chi connectivity index (χ1v) is 6.18. The number of rotatable bonds is 2. The van der Waals surface area contributed by atoms with Crippen LogP contribution in [0.15, 0.2) is 53.5 Å². The summed E-state index contributed by atoms with van der Waals surface area (Å²) in [5.74, 6) is 1.63. The lowest BCUT2D eigenvalue weighted by Gasteiger charge is -2.21. The van der Waals surface area contributed by atoms with E-state index < -0.39 is 0 Å². The van der Waals surface area contributed by atoms with Crippen LogP contribution in [-0.2, 0) is 6.54 Å². The standard InChI is InChI=1S/C15H15N3O/c16-12-6-7-14-13(8-12)18-15(10-19-14)17-9-11-4-2-1-3-5-11/h1-8H,9-10,16H2,(H,17,18). The highest BCUT2D eigenvalue weighted by Crippen LogP contribution is 2.29. The second-order valence-electron chi connectivity index (χ2n) is 4.42. The minimum Gasteiger partial charge on any atom is -0.484 e. The van der Waals surface area contributed by atoms with E-state index in [0.717, 1.165) is 17.3 Å². The van der Waals surface area contributed by atoms with E-state index in [0.29, 0.717) is 18.8 Å². The molecule has 4 heteroatoms. The SMILES string of the molecule is Nc1ccc2c(c1)NC(=NCc1ccccc1)CO2. The van der Waals surface area contributed by atoms with E-state index in [4.69, 9.17) is 10.5 Å². The maximum Gasteiger partial charge on any atom is 0.146 e. The van der Waals surface area contributed by atoms with Crippen molar-refractivity contribution >= 4 is 17.2 Å². The molecule has 3 N–H and O–H groups in total. The Labute approximate surface area is 111 Å². The summed E-state index contributed by atoms with van der Waals surface area (Å²) in [5, 5.41) is 3.25. The number of benzene rings is 2. The lowest BCUT2D eigenvalue weighted by Crippen LogP contribution is -2.26. The first kappa shape index (κ1) is 11.6. The summed E-state index contributed by atoms with van der Waals surface area (Å²) in [7, 11) is 0. The number of fused-ring (bicyclic) bond motifs is 1. The smallest absolute Gasteiger partial charge is 0.146 e. The van der Waals surface area contributed by atoms with Crippen LogP contribution in [0, 0.1) is 0 Å². The summed E-state index contributed by atoms with van der Waals surface area (Å²) >= 11 is 0. The minimum atomic E-state index is 0.462. The molecule has 1 aliphatic heterocycles. The molecule has 3 rings (SSSR count). The van der Waals surface area contributed by atoms with Gasteiger partial charge in [-0.1, -0.05) is 30.3 Å². The van der Waals surface area contributed by atoms with Gasteiger partial charge in [0.15, 0.2) is 0 Å². The van der Waals surface area contributed by atoms with Crippen LogP contribution in [-0.4, -0.2) is 12.4 Å². The molecule has 0 fully saturated rings. The molecule has 0 saturated carbocycles. The molecule has 0 amide bonds. The zero-order chi connectivity index (χ0) is 13.1. The lowest BCUT2D eigenvalue weighted by atomic mass is 10.2. The monoisotopic (exact) mass is 253 g/mol. The van der Waals surface area contributed by atoms with E-state index in [-0.39, 0.29) is 0 Å². The van der Waals surface area contributed by atoms with Gasteiger partial charge in [0, 0.05) is 5.69 Å². The van der Waals surface area contributed by atoms with E-state index in [9.17, 15) is 0 Å². The summed E-state index contributed by atoms with van der Waals surface area (Å²) in [5.41, 5.74) is 8.51. The number of nitrogens with zero attached hydrogens (tertiary/aromatic N) is 1. The summed E-state index contributed by atoms with van der Waals surface area (Å²) in [6.07, 6.45) is 0. The topological polar surface area (TPSA) is 59.6 Å². The van der Waals surface area contributed by atoms with Crippen molar-refractivity contribution in [2.45, 2.75) is 6.54 Å². The first-order chi connectivity index (χ1) is 9.31. The van der Waals surface area contributed by atoms with Crippen LogP contribution in [0.25, 0.3) is 0 Å². The van der Waals surface area contributed by atoms with Crippen molar-refractivity contribution in [1.82, 2.24) is 0 Å². The summed E-state index contributed by atoms with van der Waals surface area (Å²) in [4.78, 5) is 4.52. The molecule has 0 spiro atoms. The quantitative estimate of drug-likeness (QED) is 0.809. The fourth-order valence-electron chi connectivity index (χ4n) is 1.96. The number of hydrogen-bond donors (Lipinski definition) is 2. The third kappa shape index (κ3) is 2.68. The fourth-order valence-corrected chi connectivity index (χ4v) is 1.96. The van der Waals surface area contributed by atoms with Crippen LogP contribution in [0.2, 0.25) is 0 Å². The molecule has 0 aromatic heterocycles. The average molecular weight is 253 g/mol. The van der Waals surface area contributed by atoms with Crippen molar-refractivity contribution in [3.05, 3.63) is 54.1 Å². The van der Waals surface area contributed by atoms with Gasteiger partial charge in [0.1, 0.15) is 18.2 Å². The molecule has 96 valence electrons. The number of anilines is 2. The zero-order valence-corrected chi connectivity index (χ0v) is 10.5. The number of ether oxygens (including phenoxy) is 1. The van der Waals surface area contributed by atoms with E-state index in [1.54, 1.807) is 0 Å². The Morgan fingerprint density at radius 1 is 1.16 bits per heavy atom. The predicted molar refractivity (Wildman–Crippen MR) is 77.6 cm³/mol. The molecule has 19 heavy (non-hydrogen) atoms. The maximum atomic E-state index is 5.76. The zero-order valence-electron chi connectivity index (χ0n) is 10.5. The number of amidine groups is 1. The van der Waals surface area contributed by atoms with E-state index >= 15 is 0 Å². The fraction of sp³-hybridized carbons (Fsp3) is 0.133. The van der Waals surface area contributed by atoms with Crippen molar-refractivity contribution in [3.63, 3.8) is 0 Å². The number of hydrogen-bond acceptors (Lipinski definition) is 3. The van der Waals surface area contributed by atoms with Crippen LogP contribution in [0.3, 0.4) is 0 Å². The molecule has 0 bridgehead atoms. The molecule has 1 heterocycles. The number of aliphatic imine (C=N–C) groups is 1. The Morgan fingerprint density at radius 3 is 2.84 bits per heavy atom. The maximum absolute atomic E-state index is 5.76. The van der Waals surface area contributed by atoms with Crippen LogP contribution >= 0.6 is 0 Å². The predicted octanol–water partition coefficient (Wildman–Crippen LogP) is 2.67. The normalized spacial score (nSPS) is 15.5. The van der Waals surface area contributed by atoms with Gasteiger partial charge < -0.3 is 15.8 Å². The molecule has 2 aromatic carbocycles. The van der Waals surface area contributed by atoms with Gasteiger partial charge in [0.2, 0.25) is 0 Å². The van der Waals surface area contributed by atoms with Crippen molar-refractivity contribution in [1.29, 1.82) is 0 Å². The van der Waals surface area contributed by atoms with E-state index in [2.05, 4.69) is 22.4 Å². The third-order valence-corrected chi connectivity index (χ3v) is 2.94. The van der Waals surface area contributed by atoms with E-state index in [1.807, 2.05) is 36.4 Å². The van der Waals surface area contributed by atoms with Gasteiger partial charge in [-0.25, -0.2) is 0 Å². The van der Waals surface area contributed by atoms with Crippen molar-refractivity contribution < 1.29 is 4.74 Å². The molecule has 0 atom stereocenters. The Hall–Kier alpha value is -2.49. The van der Waals surface area contributed by atoms with Gasteiger partial charge in [0.25, 0.3) is 0 Å². The highest BCUT2D eigenvalue weighted by atomic mass is 16.5. The lowest BCUT2D eigenvalue weighted by molar-refractivity contribution is 0.372. The highest BCUT2D eigenvalue weighted by molar-refractivity contribution is 5.99. The van der Waals surface area contributed by atoms with Gasteiger partial charge >= 0.3 is 0 Å². The number of nitrogens with one attached hydrogen (secondary N) is 1. The molecule has 0 saturated heterocycles. The van der Waals surface area contributed by atoms with Crippen LogP contribution in [0.5, 0.6) is 5.75 Å². The van der Waals surface area contributed by atoms with Crippen molar-refractivity contribution in [3.8, 4) is 5.75 Å². The highest BCUT2D eigenvalue weighted by Gasteiger charge is 2.14. The average Bonchev–Trinajstić information content (AvgIpc) is 2.46. The second kappa shape index (κ2) is 5.02. The third-order valence-electron chi connectivity index (χ3n) is 2.94. The summed E-state index contributed by atoms with van der Waals surface area (Å²) < 4.78 is 5.63. The van der Waals surface area contributed by atoms with Crippen LogP contribution < -0.4 is 15.8 Å². The van der Waals surface area contributed by atoms with E-state index in [1.165, 1.54) is 5.56 Å². The van der Waals surface area contributed by atoms with Gasteiger partial charge in [-0.05, 0) is 23.8 Å². The molecule has 0 radical (unpaired) electrons. The van der Waals surface area contributed by atoms with Crippen molar-refractivity contribution in [2.24, 2.45) is 4.99 Å². The molecule has 4 nitrogen and oxygen atoms in total.